The Bertz CT molecular complexity index is 1080. The number of piperidine rings is 1. The van der Waals surface area contributed by atoms with Gasteiger partial charge in [-0.1, -0.05) is 97.1 Å². The summed E-state index contributed by atoms with van der Waals surface area (Å²) < 4.78 is 27.1. The molecule has 3 rings (SSSR count). The van der Waals surface area contributed by atoms with Crippen molar-refractivity contribution in [2.24, 2.45) is 5.73 Å². The summed E-state index contributed by atoms with van der Waals surface area (Å²) >= 11 is 1.55. The van der Waals surface area contributed by atoms with E-state index >= 15 is 0 Å². The largest absolute Gasteiger partial charge is 0.400 e. The fourth-order valence-electron chi connectivity index (χ4n) is 4.65. The van der Waals surface area contributed by atoms with E-state index in [1.54, 1.807) is 39.2 Å². The first-order valence-corrected chi connectivity index (χ1v) is 14.0. The van der Waals surface area contributed by atoms with Crippen LogP contribution in [0.2, 0.25) is 0 Å². The van der Waals surface area contributed by atoms with Gasteiger partial charge >= 0.3 is 0 Å². The molecule has 1 aromatic carbocycles. The molecule has 2 aliphatic rings. The minimum atomic E-state index is -2.94. The van der Waals surface area contributed by atoms with Crippen LogP contribution in [-0.2, 0) is 5.66 Å². The number of hydrogen-bond donors (Lipinski definition) is 2. The van der Waals surface area contributed by atoms with Gasteiger partial charge in [0.2, 0.25) is 0 Å². The summed E-state index contributed by atoms with van der Waals surface area (Å²) in [5, 5.41) is 3.31. The maximum atomic E-state index is 13.5. The topological polar surface area (TPSA) is 44.5 Å². The Hall–Kier alpha value is -2.34. The van der Waals surface area contributed by atoms with Gasteiger partial charge in [0.1, 0.15) is 0 Å². The molecular formula is C29H39F2N4PS. The van der Waals surface area contributed by atoms with Crippen molar-refractivity contribution in [1.82, 2.24) is 15.1 Å². The summed E-state index contributed by atoms with van der Waals surface area (Å²) in [5.74, 6) is 0.902. The van der Waals surface area contributed by atoms with E-state index in [1.807, 2.05) is 6.08 Å². The van der Waals surface area contributed by atoms with E-state index in [-0.39, 0.29) is 5.56 Å². The molecule has 1 aromatic rings. The first kappa shape index (κ1) is 29.2. The van der Waals surface area contributed by atoms with Crippen LogP contribution in [0.15, 0.2) is 90.4 Å². The molecule has 0 saturated carbocycles. The van der Waals surface area contributed by atoms with Gasteiger partial charge in [-0.2, -0.15) is 8.78 Å². The molecule has 8 heteroatoms. The van der Waals surface area contributed by atoms with Gasteiger partial charge in [0.05, 0.1) is 5.82 Å². The van der Waals surface area contributed by atoms with Crippen molar-refractivity contribution >= 4 is 25.9 Å². The molecule has 0 spiro atoms. The lowest BCUT2D eigenvalue weighted by Gasteiger charge is -2.44. The highest BCUT2D eigenvalue weighted by molar-refractivity contribution is 8.11. The van der Waals surface area contributed by atoms with Crippen LogP contribution in [-0.4, -0.2) is 42.0 Å². The van der Waals surface area contributed by atoms with Crippen LogP contribution in [0.25, 0.3) is 4.91 Å². The lowest BCUT2D eigenvalue weighted by Crippen LogP contribution is -2.50. The number of hydrogen-bond acceptors (Lipinski definition) is 5. The lowest BCUT2D eigenvalue weighted by atomic mass is 10.00. The molecule has 37 heavy (non-hydrogen) atoms. The molecule has 0 aliphatic carbocycles. The van der Waals surface area contributed by atoms with Crippen molar-refractivity contribution in [3.05, 3.63) is 102 Å². The Morgan fingerprint density at radius 3 is 2.46 bits per heavy atom. The SMILES string of the molecule is C=C/C=C1/CN(C2CCN(C/C(N)=C(\CCC)SC(=C)c3ccc(C(F)(F)P)cc3)CC2)C(=C)NC1=C. The van der Waals surface area contributed by atoms with E-state index in [9.17, 15) is 8.78 Å². The summed E-state index contributed by atoms with van der Waals surface area (Å²) in [7, 11) is 1.57. The lowest BCUT2D eigenvalue weighted by molar-refractivity contribution is 0.104. The number of nitrogens with zero attached hydrogens (tertiary/aromatic N) is 2. The number of thioether (sulfide) groups is 1. The Balaban J connectivity index is 1.60. The third-order valence-electron chi connectivity index (χ3n) is 6.75. The molecule has 2 heterocycles. The van der Waals surface area contributed by atoms with E-state index < -0.39 is 5.66 Å². The van der Waals surface area contributed by atoms with Crippen molar-refractivity contribution in [3.63, 3.8) is 0 Å². The van der Waals surface area contributed by atoms with E-state index in [0.717, 1.165) is 83.5 Å². The number of likely N-dealkylation sites (tertiary alicyclic amines) is 1. The monoisotopic (exact) mass is 544 g/mol. The minimum Gasteiger partial charge on any atom is -0.400 e. The molecule has 3 N–H and O–H groups in total. The number of halogens is 2. The van der Waals surface area contributed by atoms with Crippen LogP contribution in [0.3, 0.4) is 0 Å². The predicted octanol–water partition coefficient (Wildman–Crippen LogP) is 6.75. The molecule has 1 atom stereocenters. The van der Waals surface area contributed by atoms with Crippen molar-refractivity contribution < 1.29 is 8.78 Å². The van der Waals surface area contributed by atoms with Gasteiger partial charge in [0, 0.05) is 59.0 Å². The summed E-state index contributed by atoms with van der Waals surface area (Å²) in [6.07, 6.45) is 7.67. The van der Waals surface area contributed by atoms with E-state index in [0.29, 0.717) is 12.6 Å². The van der Waals surface area contributed by atoms with Crippen LogP contribution in [0.1, 0.15) is 43.7 Å². The van der Waals surface area contributed by atoms with Gasteiger partial charge in [-0.25, -0.2) is 0 Å². The second-order valence-electron chi connectivity index (χ2n) is 9.54. The van der Waals surface area contributed by atoms with E-state index in [4.69, 9.17) is 5.73 Å². The van der Waals surface area contributed by atoms with Gasteiger partial charge in [-0.05, 0) is 30.4 Å². The van der Waals surface area contributed by atoms with Crippen molar-refractivity contribution in [2.75, 3.05) is 26.2 Å². The Labute approximate surface area is 227 Å². The Morgan fingerprint density at radius 1 is 1.24 bits per heavy atom. The Kier molecular flexibility index (Phi) is 10.2. The van der Waals surface area contributed by atoms with Gasteiger partial charge < -0.3 is 16.0 Å². The highest BCUT2D eigenvalue weighted by Crippen LogP contribution is 2.39. The maximum Gasteiger partial charge on any atom is 0.283 e. The summed E-state index contributed by atoms with van der Waals surface area (Å²) in [6, 6.07) is 6.69. The molecule has 2 fully saturated rings. The number of nitrogens with two attached hydrogens (primary N) is 1. The molecule has 0 amide bonds. The number of benzene rings is 1. The zero-order chi connectivity index (χ0) is 27.2. The number of alkyl halides is 2. The number of nitrogens with one attached hydrogen (secondary N) is 1. The molecule has 200 valence electrons. The van der Waals surface area contributed by atoms with E-state index in [1.165, 1.54) is 12.1 Å². The van der Waals surface area contributed by atoms with Crippen molar-refractivity contribution in [3.8, 4) is 0 Å². The summed E-state index contributed by atoms with van der Waals surface area (Å²) in [4.78, 5) is 6.65. The molecule has 2 aliphatic heterocycles. The van der Waals surface area contributed by atoms with E-state index in [2.05, 4.69) is 48.4 Å². The van der Waals surface area contributed by atoms with Crippen LogP contribution in [0.4, 0.5) is 8.78 Å². The third kappa shape index (κ3) is 7.83. The van der Waals surface area contributed by atoms with Crippen LogP contribution < -0.4 is 11.1 Å². The molecule has 0 bridgehead atoms. The number of allylic oxidation sites excluding steroid dienone is 3. The average Bonchev–Trinajstić information content (AvgIpc) is 2.85. The zero-order valence-corrected chi connectivity index (χ0v) is 23.7. The Morgan fingerprint density at radius 2 is 1.89 bits per heavy atom. The van der Waals surface area contributed by atoms with Gasteiger partial charge in [-0.15, -0.1) is 0 Å². The fourth-order valence-corrected chi connectivity index (χ4v) is 5.90. The second-order valence-corrected chi connectivity index (χ2v) is 11.5. The molecule has 4 nitrogen and oxygen atoms in total. The summed E-state index contributed by atoms with van der Waals surface area (Å²) in [5.41, 5.74) is 7.36. The van der Waals surface area contributed by atoms with Crippen molar-refractivity contribution in [2.45, 2.75) is 44.3 Å². The first-order valence-electron chi connectivity index (χ1n) is 12.6. The maximum absolute atomic E-state index is 13.5. The summed E-state index contributed by atoms with van der Waals surface area (Å²) in [6.45, 7) is 21.8. The first-order chi connectivity index (χ1) is 17.5. The normalized spacial score (nSPS) is 19.6. The standard InChI is InChI=1S/C29H39F2N4PS/c1-6-8-24-18-35(22(5)33-20(24)3)26-14-16-34(17-15-26)19-27(32)28(9-7-2)37-21(4)23-10-12-25(13-11-23)29(30,31)36/h6,8,10-13,26,33H,1,3-5,7,9,14-19,32,36H2,2H3/b24-8-,28-27-. The third-order valence-corrected chi connectivity index (χ3v) is 8.28. The molecule has 0 aromatic heterocycles. The quantitative estimate of drug-likeness (QED) is 0.319. The average molecular weight is 545 g/mol. The predicted molar refractivity (Wildman–Crippen MR) is 159 cm³/mol. The molecular weight excluding hydrogens is 505 g/mol. The molecule has 2 saturated heterocycles. The van der Waals surface area contributed by atoms with Gasteiger partial charge in [0.25, 0.3) is 5.66 Å². The number of rotatable bonds is 10. The fraction of sp³-hybridized carbons (Fsp3) is 0.379. The zero-order valence-electron chi connectivity index (χ0n) is 21.7. The van der Waals surface area contributed by atoms with Crippen LogP contribution >= 0.6 is 21.0 Å². The highest BCUT2D eigenvalue weighted by Gasteiger charge is 2.29. The van der Waals surface area contributed by atoms with Gasteiger partial charge in [0.15, 0.2) is 0 Å². The van der Waals surface area contributed by atoms with Crippen molar-refractivity contribution in [1.29, 1.82) is 0 Å². The van der Waals surface area contributed by atoms with Crippen LogP contribution in [0, 0.1) is 0 Å². The van der Waals surface area contributed by atoms with Crippen LogP contribution in [0.5, 0.6) is 0 Å². The highest BCUT2D eigenvalue weighted by atomic mass is 32.2. The van der Waals surface area contributed by atoms with Gasteiger partial charge in [-0.3, -0.25) is 4.90 Å². The second kappa shape index (κ2) is 12.9. The molecule has 0 radical (unpaired) electrons. The molecule has 1 unspecified atom stereocenters. The smallest absolute Gasteiger partial charge is 0.283 e. The minimum absolute atomic E-state index is 0.0342.